The van der Waals surface area contributed by atoms with E-state index in [9.17, 15) is 4.79 Å². The minimum Gasteiger partial charge on any atom is -0.369 e. The Morgan fingerprint density at radius 2 is 1.59 bits per heavy atom. The van der Waals surface area contributed by atoms with Gasteiger partial charge in [0.2, 0.25) is 5.91 Å². The summed E-state index contributed by atoms with van der Waals surface area (Å²) in [4.78, 5) is 11.1. The molecule has 2 rings (SSSR count). The summed E-state index contributed by atoms with van der Waals surface area (Å²) in [5.74, 6) is -0.338. The summed E-state index contributed by atoms with van der Waals surface area (Å²) in [5, 5.41) is 0.657. The molecule has 2 nitrogen and oxygen atoms in total. The average molecular weight is 318 g/mol. The summed E-state index contributed by atoms with van der Waals surface area (Å²) < 4.78 is 0. The first-order valence-corrected chi connectivity index (χ1v) is 7.85. The summed E-state index contributed by atoms with van der Waals surface area (Å²) in [6.07, 6.45) is 2.45. The monoisotopic (exact) mass is 317 g/mol. The molecule has 0 saturated carbocycles. The molecule has 0 spiro atoms. The van der Waals surface area contributed by atoms with Crippen LogP contribution in [0.3, 0.4) is 0 Å². The number of carbonyl (C=O) groups excluding carboxylic acids is 1. The molecule has 0 aliphatic heterocycles. The van der Waals surface area contributed by atoms with E-state index in [1.165, 1.54) is 18.4 Å². The fraction of sp³-hybridized carbons (Fsp3) is 0.316. The van der Waals surface area contributed by atoms with Gasteiger partial charge in [-0.2, -0.15) is 0 Å². The molecule has 0 heterocycles. The molecule has 0 bridgehead atoms. The highest BCUT2D eigenvalue weighted by molar-refractivity contribution is 6.30. The fourth-order valence-corrected chi connectivity index (χ4v) is 2.07. The second-order valence-electron chi connectivity index (χ2n) is 5.73. The number of halogens is 1. The van der Waals surface area contributed by atoms with Crippen LogP contribution >= 0.6 is 11.6 Å². The van der Waals surface area contributed by atoms with Crippen LogP contribution in [0, 0.1) is 0 Å². The molecule has 118 valence electrons. The average Bonchev–Trinajstić information content (AvgIpc) is 2.49. The first-order valence-electron chi connectivity index (χ1n) is 7.47. The van der Waals surface area contributed by atoms with E-state index in [4.69, 9.17) is 17.3 Å². The topological polar surface area (TPSA) is 43.1 Å². The lowest BCUT2D eigenvalue weighted by Gasteiger charge is -2.20. The van der Waals surface area contributed by atoms with Gasteiger partial charge in [-0.1, -0.05) is 67.4 Å². The quantitative estimate of drug-likeness (QED) is 0.869. The first-order chi connectivity index (χ1) is 10.4. The highest BCUT2D eigenvalue weighted by Gasteiger charge is 2.26. The van der Waals surface area contributed by atoms with Crippen LogP contribution in [0.5, 0.6) is 0 Å². The van der Waals surface area contributed by atoms with Gasteiger partial charge in [-0.25, -0.2) is 0 Å². The molecule has 0 unspecified atom stereocenters. The van der Waals surface area contributed by atoms with Gasteiger partial charge in [0, 0.05) is 5.02 Å². The number of nitrogens with two attached hydrogens (primary N) is 1. The van der Waals surface area contributed by atoms with Crippen molar-refractivity contribution >= 4 is 17.5 Å². The van der Waals surface area contributed by atoms with Crippen molar-refractivity contribution in [2.24, 2.45) is 5.73 Å². The maximum atomic E-state index is 11.1. The van der Waals surface area contributed by atoms with Gasteiger partial charge in [0.1, 0.15) is 0 Å². The van der Waals surface area contributed by atoms with Crippen LogP contribution in [-0.4, -0.2) is 5.91 Å². The normalized spacial score (nSPS) is 10.5. The lowest BCUT2D eigenvalue weighted by molar-refractivity contribution is -0.122. The number of hydrogen-bond acceptors (Lipinski definition) is 1. The highest BCUT2D eigenvalue weighted by Crippen LogP contribution is 2.23. The van der Waals surface area contributed by atoms with Crippen molar-refractivity contribution in [3.05, 3.63) is 70.7 Å². The molecule has 0 fully saturated rings. The van der Waals surface area contributed by atoms with E-state index in [0.717, 1.165) is 5.56 Å². The highest BCUT2D eigenvalue weighted by atomic mass is 35.5. The molecule has 1 amide bonds. The summed E-state index contributed by atoms with van der Waals surface area (Å²) in [7, 11) is 0. The second-order valence-corrected chi connectivity index (χ2v) is 6.17. The van der Waals surface area contributed by atoms with Crippen molar-refractivity contribution in [2.75, 3.05) is 0 Å². The lowest BCUT2D eigenvalue weighted by atomic mass is 9.84. The number of rotatable bonds is 4. The van der Waals surface area contributed by atoms with Gasteiger partial charge in [0.15, 0.2) is 0 Å². The minimum atomic E-state index is -0.634. The van der Waals surface area contributed by atoms with Crippen LogP contribution in [0.25, 0.3) is 0 Å². The molecule has 2 N–H and O–H groups in total. The van der Waals surface area contributed by atoms with Gasteiger partial charge in [-0.15, -0.1) is 0 Å². The number of carbonyl (C=O) groups is 1. The molecule has 0 aliphatic rings. The molecule has 22 heavy (non-hydrogen) atoms. The molecule has 3 heteroatoms. The van der Waals surface area contributed by atoms with E-state index >= 15 is 0 Å². The number of aryl methyl sites for hydroxylation is 1. The zero-order chi connectivity index (χ0) is 16.6. The third-order valence-corrected chi connectivity index (χ3v) is 3.82. The number of benzene rings is 2. The van der Waals surface area contributed by atoms with Crippen LogP contribution < -0.4 is 5.73 Å². The maximum Gasteiger partial charge on any atom is 0.227 e. The zero-order valence-corrected chi connectivity index (χ0v) is 14.2. The molecule has 2 aromatic rings. The second kappa shape index (κ2) is 8.60. The van der Waals surface area contributed by atoms with Gasteiger partial charge in [0.25, 0.3) is 0 Å². The standard InChI is InChI=1S/C10H12ClNO.C9H12/c1-10(2,9(12)13)7-3-5-8(11)6-4-7;1-2-6-9-7-4-3-5-8-9/h3-6H,1-2H3,(H2,12,13);3-5,7-8H,2,6H2,1H3. The molecule has 0 saturated heterocycles. The van der Waals surface area contributed by atoms with Gasteiger partial charge >= 0.3 is 0 Å². The zero-order valence-electron chi connectivity index (χ0n) is 13.5. The summed E-state index contributed by atoms with van der Waals surface area (Å²) in [6, 6.07) is 17.7. The summed E-state index contributed by atoms with van der Waals surface area (Å²) in [5.41, 5.74) is 6.96. The Morgan fingerprint density at radius 3 is 2.05 bits per heavy atom. The van der Waals surface area contributed by atoms with E-state index in [0.29, 0.717) is 5.02 Å². The first kappa shape index (κ1) is 18.2. The van der Waals surface area contributed by atoms with Crippen molar-refractivity contribution in [2.45, 2.75) is 39.0 Å². The number of primary amides is 1. The van der Waals surface area contributed by atoms with E-state index in [2.05, 4.69) is 37.3 Å². The van der Waals surface area contributed by atoms with E-state index < -0.39 is 5.41 Å². The fourth-order valence-electron chi connectivity index (χ4n) is 1.94. The van der Waals surface area contributed by atoms with Gasteiger partial charge in [-0.3, -0.25) is 4.79 Å². The largest absolute Gasteiger partial charge is 0.369 e. The predicted molar refractivity (Wildman–Crippen MR) is 94.1 cm³/mol. The predicted octanol–water partition coefficient (Wildman–Crippen LogP) is 4.74. The number of hydrogen-bond donors (Lipinski definition) is 1. The van der Waals surface area contributed by atoms with Gasteiger partial charge < -0.3 is 5.73 Å². The molecule has 2 aromatic carbocycles. The van der Waals surface area contributed by atoms with Crippen molar-refractivity contribution in [3.8, 4) is 0 Å². The molecule has 0 radical (unpaired) electrons. The van der Waals surface area contributed by atoms with Crippen molar-refractivity contribution in [3.63, 3.8) is 0 Å². The van der Waals surface area contributed by atoms with E-state index in [1.807, 2.05) is 12.1 Å². The van der Waals surface area contributed by atoms with E-state index in [-0.39, 0.29) is 5.91 Å². The lowest BCUT2D eigenvalue weighted by Crippen LogP contribution is -2.35. The van der Waals surface area contributed by atoms with Crippen molar-refractivity contribution in [1.29, 1.82) is 0 Å². The number of amides is 1. The Labute approximate surface area is 138 Å². The van der Waals surface area contributed by atoms with Gasteiger partial charge in [-0.05, 0) is 43.5 Å². The van der Waals surface area contributed by atoms with Crippen LogP contribution in [0.4, 0.5) is 0 Å². The molecular weight excluding hydrogens is 294 g/mol. The van der Waals surface area contributed by atoms with Crippen LogP contribution in [0.1, 0.15) is 38.3 Å². The Bertz CT molecular complexity index is 576. The Hall–Kier alpha value is -1.80. The van der Waals surface area contributed by atoms with Gasteiger partial charge in [0.05, 0.1) is 5.41 Å². The van der Waals surface area contributed by atoms with Crippen molar-refractivity contribution < 1.29 is 4.79 Å². The Morgan fingerprint density at radius 1 is 1.05 bits per heavy atom. The minimum absolute atomic E-state index is 0.338. The van der Waals surface area contributed by atoms with Crippen molar-refractivity contribution in [1.82, 2.24) is 0 Å². The summed E-state index contributed by atoms with van der Waals surface area (Å²) in [6.45, 7) is 5.78. The third kappa shape index (κ3) is 5.53. The van der Waals surface area contributed by atoms with Crippen LogP contribution in [0.2, 0.25) is 5.02 Å². The van der Waals surface area contributed by atoms with Crippen LogP contribution in [0.15, 0.2) is 54.6 Å². The maximum absolute atomic E-state index is 11.1. The molecule has 0 aliphatic carbocycles. The van der Waals surface area contributed by atoms with E-state index in [1.54, 1.807) is 26.0 Å². The molecular formula is C19H24ClNO. The SMILES string of the molecule is CC(C)(C(N)=O)c1ccc(Cl)cc1.CCCc1ccccc1. The third-order valence-electron chi connectivity index (χ3n) is 3.56. The smallest absolute Gasteiger partial charge is 0.227 e. The molecule has 0 atom stereocenters. The Balaban J connectivity index is 0.000000235. The Kier molecular flexibility index (Phi) is 7.13. The molecule has 0 aromatic heterocycles. The summed E-state index contributed by atoms with van der Waals surface area (Å²) >= 11 is 5.73. The van der Waals surface area contributed by atoms with Crippen LogP contribution in [-0.2, 0) is 16.6 Å².